The normalized spacial score (nSPS) is 17.3. The summed E-state index contributed by atoms with van der Waals surface area (Å²) in [7, 11) is 0. The van der Waals surface area contributed by atoms with E-state index < -0.39 is 5.54 Å². The van der Waals surface area contributed by atoms with Crippen molar-refractivity contribution in [2.75, 3.05) is 6.54 Å². The second kappa shape index (κ2) is 7.19. The third kappa shape index (κ3) is 3.56. The minimum Gasteiger partial charge on any atom is -0.351 e. The molecule has 9 nitrogen and oxygen atoms in total. The van der Waals surface area contributed by atoms with Crippen molar-refractivity contribution in [2.24, 2.45) is 0 Å². The number of nitrogens with zero attached hydrogens (tertiary/aromatic N) is 6. The van der Waals surface area contributed by atoms with Gasteiger partial charge in [0.25, 0.3) is 5.91 Å². The Hall–Kier alpha value is -2.84. The van der Waals surface area contributed by atoms with Crippen LogP contribution in [0.5, 0.6) is 0 Å². The Morgan fingerprint density at radius 3 is 2.81 bits per heavy atom. The van der Waals surface area contributed by atoms with Crippen molar-refractivity contribution in [3.63, 3.8) is 0 Å². The first-order valence-electron chi connectivity index (χ1n) is 8.61. The van der Waals surface area contributed by atoms with Gasteiger partial charge in [0.15, 0.2) is 0 Å². The van der Waals surface area contributed by atoms with E-state index in [-0.39, 0.29) is 17.9 Å². The summed E-state index contributed by atoms with van der Waals surface area (Å²) in [5, 5.41) is 6.84. The summed E-state index contributed by atoms with van der Waals surface area (Å²) in [6, 6.07) is -0.130. The summed E-state index contributed by atoms with van der Waals surface area (Å²) >= 11 is 0. The fraction of sp³-hybridized carbons (Fsp3) is 0.529. The quantitative estimate of drug-likeness (QED) is 0.848. The number of likely N-dealkylation sites (tertiary alicyclic amines) is 1. The topological polar surface area (TPSA) is 106 Å². The second-order valence-corrected chi connectivity index (χ2v) is 6.90. The first-order valence-corrected chi connectivity index (χ1v) is 8.61. The number of carbonyl (C=O) groups excluding carboxylic acids is 2. The van der Waals surface area contributed by atoms with Gasteiger partial charge in [0.2, 0.25) is 5.91 Å². The van der Waals surface area contributed by atoms with Crippen molar-refractivity contribution in [2.45, 2.75) is 51.7 Å². The molecule has 2 aromatic rings. The lowest BCUT2D eigenvalue weighted by atomic mass is 10.0. The molecule has 0 aliphatic carbocycles. The summed E-state index contributed by atoms with van der Waals surface area (Å²) in [5.41, 5.74) is 0.584. The maximum absolute atomic E-state index is 13.2. The number of carbonyl (C=O) groups is 2. The van der Waals surface area contributed by atoms with Crippen LogP contribution in [-0.4, -0.2) is 48.0 Å². The highest BCUT2D eigenvalue weighted by molar-refractivity contribution is 5.84. The third-order valence-corrected chi connectivity index (χ3v) is 4.59. The average Bonchev–Trinajstić information content (AvgIpc) is 3.31. The van der Waals surface area contributed by atoms with E-state index in [9.17, 15) is 9.59 Å². The Labute approximate surface area is 151 Å². The molecule has 3 rings (SSSR count). The zero-order chi connectivity index (χ0) is 18.7. The summed E-state index contributed by atoms with van der Waals surface area (Å²) in [4.78, 5) is 38.9. The summed E-state index contributed by atoms with van der Waals surface area (Å²) in [6.07, 6.45) is 8.03. The zero-order valence-electron chi connectivity index (χ0n) is 15.2. The zero-order valence-corrected chi connectivity index (χ0v) is 15.2. The van der Waals surface area contributed by atoms with Crippen LogP contribution in [0.2, 0.25) is 0 Å². The van der Waals surface area contributed by atoms with Crippen LogP contribution in [-0.2, 0) is 21.7 Å². The minimum absolute atomic E-state index is 0.0282. The predicted molar refractivity (Wildman–Crippen MR) is 92.6 cm³/mol. The van der Waals surface area contributed by atoms with Gasteiger partial charge in [0.05, 0.1) is 36.4 Å². The van der Waals surface area contributed by atoms with Gasteiger partial charge in [-0.25, -0.2) is 9.67 Å². The van der Waals surface area contributed by atoms with E-state index in [0.717, 1.165) is 18.5 Å². The molecule has 9 heteroatoms. The van der Waals surface area contributed by atoms with Gasteiger partial charge in [-0.1, -0.05) is 0 Å². The molecule has 2 aromatic heterocycles. The number of hydrogen-bond acceptors (Lipinski definition) is 6. The fourth-order valence-corrected chi connectivity index (χ4v) is 3.15. The lowest BCUT2D eigenvalue weighted by Gasteiger charge is -2.32. The first-order chi connectivity index (χ1) is 12.4. The average molecular weight is 357 g/mol. The maximum Gasteiger partial charge on any atom is 0.250 e. The largest absolute Gasteiger partial charge is 0.351 e. The standard InChI is InChI=1S/C17H23N7O2/c1-12(25)20-8-13-7-18-9-14(22-13)15-5-4-6-23(15)16(26)17(2,3)24-11-19-10-21-24/h7,9-11,15H,4-6,8H2,1-3H3,(H,20,25)/t15-/m1/s1. The highest BCUT2D eigenvalue weighted by atomic mass is 16.2. The highest BCUT2D eigenvalue weighted by Gasteiger charge is 2.40. The van der Waals surface area contributed by atoms with Crippen LogP contribution in [0.25, 0.3) is 0 Å². The Balaban J connectivity index is 1.81. The van der Waals surface area contributed by atoms with Crippen LogP contribution in [0.1, 0.15) is 51.0 Å². The number of amides is 2. The Bertz CT molecular complexity index is 788. The van der Waals surface area contributed by atoms with Gasteiger partial charge in [0.1, 0.15) is 18.2 Å². The first kappa shape index (κ1) is 18.0. The molecule has 0 saturated carbocycles. The van der Waals surface area contributed by atoms with Gasteiger partial charge in [-0.2, -0.15) is 5.10 Å². The summed E-state index contributed by atoms with van der Waals surface area (Å²) in [6.45, 7) is 6.11. The van der Waals surface area contributed by atoms with Crippen LogP contribution in [0.4, 0.5) is 0 Å². The number of rotatable bonds is 5. The molecule has 1 aliphatic rings. The molecule has 0 radical (unpaired) electrons. The van der Waals surface area contributed by atoms with Gasteiger partial charge < -0.3 is 10.2 Å². The predicted octanol–water partition coefficient (Wildman–Crippen LogP) is 0.803. The minimum atomic E-state index is -0.833. The lowest BCUT2D eigenvalue weighted by Crippen LogP contribution is -2.47. The van der Waals surface area contributed by atoms with Gasteiger partial charge in [-0.15, -0.1) is 0 Å². The van der Waals surface area contributed by atoms with E-state index >= 15 is 0 Å². The van der Waals surface area contributed by atoms with E-state index in [1.165, 1.54) is 13.3 Å². The molecule has 1 fully saturated rings. The summed E-state index contributed by atoms with van der Waals surface area (Å²) < 4.78 is 1.57. The molecule has 3 heterocycles. The van der Waals surface area contributed by atoms with E-state index in [1.807, 2.05) is 18.7 Å². The maximum atomic E-state index is 13.2. The van der Waals surface area contributed by atoms with Crippen LogP contribution in [0.3, 0.4) is 0 Å². The van der Waals surface area contributed by atoms with Crippen molar-refractivity contribution in [1.82, 2.24) is 34.9 Å². The van der Waals surface area contributed by atoms with Crippen molar-refractivity contribution >= 4 is 11.8 Å². The molecule has 0 spiro atoms. The van der Waals surface area contributed by atoms with Crippen LogP contribution in [0.15, 0.2) is 25.0 Å². The molecule has 1 saturated heterocycles. The van der Waals surface area contributed by atoms with E-state index in [1.54, 1.807) is 23.4 Å². The van der Waals surface area contributed by atoms with Gasteiger partial charge >= 0.3 is 0 Å². The van der Waals surface area contributed by atoms with Crippen molar-refractivity contribution in [1.29, 1.82) is 0 Å². The number of nitrogens with one attached hydrogen (secondary N) is 1. The molecule has 1 aliphatic heterocycles. The van der Waals surface area contributed by atoms with Crippen LogP contribution in [0, 0.1) is 0 Å². The molecular weight excluding hydrogens is 334 g/mol. The van der Waals surface area contributed by atoms with E-state index in [2.05, 4.69) is 25.4 Å². The monoisotopic (exact) mass is 357 g/mol. The van der Waals surface area contributed by atoms with E-state index in [0.29, 0.717) is 18.8 Å². The lowest BCUT2D eigenvalue weighted by molar-refractivity contribution is -0.140. The second-order valence-electron chi connectivity index (χ2n) is 6.90. The van der Waals surface area contributed by atoms with E-state index in [4.69, 9.17) is 0 Å². The molecule has 0 unspecified atom stereocenters. The molecule has 1 N–H and O–H groups in total. The Morgan fingerprint density at radius 1 is 1.31 bits per heavy atom. The van der Waals surface area contributed by atoms with Crippen molar-refractivity contribution in [3.05, 3.63) is 36.4 Å². The smallest absolute Gasteiger partial charge is 0.250 e. The molecule has 0 aromatic carbocycles. The number of hydrogen-bond donors (Lipinski definition) is 1. The number of aromatic nitrogens is 5. The molecular formula is C17H23N7O2. The van der Waals surface area contributed by atoms with Gasteiger partial charge in [0, 0.05) is 13.5 Å². The molecule has 26 heavy (non-hydrogen) atoms. The van der Waals surface area contributed by atoms with Crippen molar-refractivity contribution < 1.29 is 9.59 Å². The van der Waals surface area contributed by atoms with Gasteiger partial charge in [-0.05, 0) is 26.7 Å². The highest BCUT2D eigenvalue weighted by Crippen LogP contribution is 2.33. The fourth-order valence-electron chi connectivity index (χ4n) is 3.15. The van der Waals surface area contributed by atoms with Crippen molar-refractivity contribution in [3.8, 4) is 0 Å². The molecule has 1 atom stereocenters. The molecule has 0 bridgehead atoms. The summed E-state index contributed by atoms with van der Waals surface area (Å²) in [5.74, 6) is -0.149. The Kier molecular flexibility index (Phi) is 4.97. The van der Waals surface area contributed by atoms with Gasteiger partial charge in [-0.3, -0.25) is 19.6 Å². The molecule has 2 amide bonds. The SMILES string of the molecule is CC(=O)NCc1cncc([C@H]2CCCN2C(=O)C(C)(C)n2cncn2)n1. The third-order valence-electron chi connectivity index (χ3n) is 4.59. The van der Waals surface area contributed by atoms with Crippen LogP contribution >= 0.6 is 0 Å². The Morgan fingerprint density at radius 2 is 2.12 bits per heavy atom. The molecule has 138 valence electrons. The van der Waals surface area contributed by atoms with Crippen LogP contribution < -0.4 is 5.32 Å².